The van der Waals surface area contributed by atoms with Crippen LogP contribution in [-0.2, 0) is 23.7 Å². The van der Waals surface area contributed by atoms with Crippen LogP contribution in [0.3, 0.4) is 0 Å². The zero-order valence-electron chi connectivity index (χ0n) is 15.7. The molecule has 5 heteroatoms. The summed E-state index contributed by atoms with van der Waals surface area (Å²) in [6, 6.07) is 0. The van der Waals surface area contributed by atoms with Crippen molar-refractivity contribution in [2.45, 2.75) is 53.4 Å². The van der Waals surface area contributed by atoms with Crippen LogP contribution in [0, 0.1) is 11.3 Å². The number of carbonyl (C=O) groups excluding carboxylic acids is 1. The van der Waals surface area contributed by atoms with Crippen molar-refractivity contribution in [3.05, 3.63) is 0 Å². The predicted octanol–water partition coefficient (Wildman–Crippen LogP) is 3.45. The largest absolute Gasteiger partial charge is 0.466 e. The highest BCUT2D eigenvalue weighted by Gasteiger charge is 2.15. The lowest BCUT2D eigenvalue weighted by Crippen LogP contribution is -2.14. The van der Waals surface area contributed by atoms with Crippen LogP contribution in [-0.4, -0.2) is 52.7 Å². The molecule has 0 aromatic rings. The van der Waals surface area contributed by atoms with Gasteiger partial charge in [-0.15, -0.1) is 0 Å². The Hall–Kier alpha value is -0.650. The Morgan fingerprint density at radius 2 is 1.57 bits per heavy atom. The van der Waals surface area contributed by atoms with Gasteiger partial charge in [0.2, 0.25) is 0 Å². The Morgan fingerprint density at radius 1 is 0.957 bits per heavy atom. The minimum Gasteiger partial charge on any atom is -0.466 e. The van der Waals surface area contributed by atoms with Crippen molar-refractivity contribution in [2.24, 2.45) is 11.3 Å². The molecule has 1 unspecified atom stereocenters. The van der Waals surface area contributed by atoms with Crippen LogP contribution in [0.5, 0.6) is 0 Å². The van der Waals surface area contributed by atoms with E-state index in [0.717, 1.165) is 12.8 Å². The highest BCUT2D eigenvalue weighted by Crippen LogP contribution is 2.25. The molecule has 0 aliphatic rings. The molecule has 0 N–H and O–H groups in total. The predicted molar refractivity (Wildman–Crippen MR) is 91.6 cm³/mol. The van der Waals surface area contributed by atoms with Gasteiger partial charge in [0.1, 0.15) is 0 Å². The first-order valence-electron chi connectivity index (χ1n) is 8.65. The van der Waals surface area contributed by atoms with Gasteiger partial charge in [-0.25, -0.2) is 0 Å². The summed E-state index contributed by atoms with van der Waals surface area (Å²) in [4.78, 5) is 11.6. The molecule has 138 valence electrons. The second-order valence-electron chi connectivity index (χ2n) is 7.20. The monoisotopic (exact) mass is 332 g/mol. The fourth-order valence-electron chi connectivity index (χ4n) is 2.38. The third kappa shape index (κ3) is 17.5. The van der Waals surface area contributed by atoms with E-state index in [1.165, 1.54) is 0 Å². The molecular weight excluding hydrogens is 296 g/mol. The van der Waals surface area contributed by atoms with Crippen molar-refractivity contribution >= 4 is 5.97 Å². The summed E-state index contributed by atoms with van der Waals surface area (Å²) in [6.45, 7) is 12.3. The van der Waals surface area contributed by atoms with Gasteiger partial charge in [0, 0.05) is 20.1 Å². The van der Waals surface area contributed by atoms with Crippen LogP contribution in [0.15, 0.2) is 0 Å². The van der Waals surface area contributed by atoms with Gasteiger partial charge in [-0.3, -0.25) is 4.79 Å². The fourth-order valence-corrected chi connectivity index (χ4v) is 2.38. The summed E-state index contributed by atoms with van der Waals surface area (Å²) in [6.07, 6.45) is 3.18. The molecule has 0 saturated heterocycles. The molecular formula is C18H36O5. The average molecular weight is 332 g/mol. The van der Waals surface area contributed by atoms with Gasteiger partial charge < -0.3 is 18.9 Å². The van der Waals surface area contributed by atoms with Gasteiger partial charge in [-0.2, -0.15) is 0 Å². The van der Waals surface area contributed by atoms with Gasteiger partial charge >= 0.3 is 5.97 Å². The molecule has 1 atom stereocenters. The van der Waals surface area contributed by atoms with Gasteiger partial charge in [0.05, 0.1) is 33.0 Å². The van der Waals surface area contributed by atoms with Gasteiger partial charge in [-0.1, -0.05) is 27.7 Å². The first-order chi connectivity index (χ1) is 10.8. The molecule has 0 aromatic heterocycles. The molecule has 0 aliphatic heterocycles. The Bertz CT molecular complexity index is 286. The molecule has 0 aromatic carbocycles. The molecule has 23 heavy (non-hydrogen) atoms. The van der Waals surface area contributed by atoms with Crippen molar-refractivity contribution in [1.29, 1.82) is 0 Å². The minimum absolute atomic E-state index is 0.132. The van der Waals surface area contributed by atoms with Crippen molar-refractivity contribution in [3.8, 4) is 0 Å². The van der Waals surface area contributed by atoms with Crippen LogP contribution >= 0.6 is 0 Å². The van der Waals surface area contributed by atoms with Crippen LogP contribution in [0.2, 0.25) is 0 Å². The zero-order valence-corrected chi connectivity index (χ0v) is 15.7. The summed E-state index contributed by atoms with van der Waals surface area (Å²) in [5, 5.41) is 0. The summed E-state index contributed by atoms with van der Waals surface area (Å²) in [7, 11) is 1.64. The van der Waals surface area contributed by atoms with Crippen LogP contribution in [0.4, 0.5) is 0 Å². The second kappa shape index (κ2) is 13.8. The number of methoxy groups -OCH3 is 1. The van der Waals surface area contributed by atoms with E-state index in [1.807, 2.05) is 0 Å². The SMILES string of the molecule is COCCOCCOCCCC(=O)OCCC(C)CC(C)(C)C. The molecule has 5 nitrogen and oxygen atoms in total. The molecule has 0 rings (SSSR count). The molecule has 0 heterocycles. The van der Waals surface area contributed by atoms with E-state index in [1.54, 1.807) is 7.11 Å². The van der Waals surface area contributed by atoms with E-state index < -0.39 is 0 Å². The normalized spacial score (nSPS) is 13.1. The molecule has 0 spiro atoms. The van der Waals surface area contributed by atoms with E-state index in [4.69, 9.17) is 18.9 Å². The minimum atomic E-state index is -0.132. The van der Waals surface area contributed by atoms with Crippen molar-refractivity contribution in [2.75, 3.05) is 46.8 Å². The highest BCUT2D eigenvalue weighted by atomic mass is 16.5. The van der Waals surface area contributed by atoms with Crippen LogP contribution < -0.4 is 0 Å². The maximum Gasteiger partial charge on any atom is 0.305 e. The van der Waals surface area contributed by atoms with E-state index in [0.29, 0.717) is 63.8 Å². The zero-order chi connectivity index (χ0) is 17.6. The highest BCUT2D eigenvalue weighted by molar-refractivity contribution is 5.69. The summed E-state index contributed by atoms with van der Waals surface area (Å²) >= 11 is 0. The summed E-state index contributed by atoms with van der Waals surface area (Å²) in [5.74, 6) is 0.442. The molecule has 0 radical (unpaired) electrons. The smallest absolute Gasteiger partial charge is 0.305 e. The third-order valence-electron chi connectivity index (χ3n) is 3.31. The maximum atomic E-state index is 11.6. The van der Waals surface area contributed by atoms with Crippen molar-refractivity contribution < 1.29 is 23.7 Å². The molecule has 0 aliphatic carbocycles. The van der Waals surface area contributed by atoms with E-state index >= 15 is 0 Å². The van der Waals surface area contributed by atoms with Crippen molar-refractivity contribution in [1.82, 2.24) is 0 Å². The van der Waals surface area contributed by atoms with Gasteiger partial charge in [0.15, 0.2) is 0 Å². The molecule has 0 bridgehead atoms. The number of hydrogen-bond donors (Lipinski definition) is 0. The third-order valence-corrected chi connectivity index (χ3v) is 3.31. The van der Waals surface area contributed by atoms with Crippen LogP contribution in [0.25, 0.3) is 0 Å². The lowest BCUT2D eigenvalue weighted by Gasteiger charge is -2.22. The number of ether oxygens (including phenoxy) is 4. The lowest BCUT2D eigenvalue weighted by atomic mass is 9.84. The number of carbonyl (C=O) groups is 1. The molecule has 0 saturated carbocycles. The van der Waals surface area contributed by atoms with E-state index in [-0.39, 0.29) is 5.97 Å². The van der Waals surface area contributed by atoms with Crippen molar-refractivity contribution in [3.63, 3.8) is 0 Å². The van der Waals surface area contributed by atoms with Crippen LogP contribution in [0.1, 0.15) is 53.4 Å². The summed E-state index contributed by atoms with van der Waals surface area (Å²) in [5.41, 5.74) is 0.327. The fraction of sp³-hybridized carbons (Fsp3) is 0.944. The average Bonchev–Trinajstić information content (AvgIpc) is 2.43. The Labute approximate surface area is 142 Å². The topological polar surface area (TPSA) is 54.0 Å². The maximum absolute atomic E-state index is 11.6. The van der Waals surface area contributed by atoms with E-state index in [9.17, 15) is 4.79 Å². The Morgan fingerprint density at radius 3 is 2.17 bits per heavy atom. The standard InChI is InChI=1S/C18H36O5/c1-16(15-18(2,3)4)8-10-23-17(19)7-6-9-21-13-14-22-12-11-20-5/h16H,6-15H2,1-5H3. The lowest BCUT2D eigenvalue weighted by molar-refractivity contribution is -0.144. The van der Waals surface area contributed by atoms with Gasteiger partial charge in [0.25, 0.3) is 0 Å². The number of hydrogen-bond acceptors (Lipinski definition) is 5. The second-order valence-corrected chi connectivity index (χ2v) is 7.20. The Balaban J connectivity index is 3.37. The summed E-state index contributed by atoms with van der Waals surface area (Å²) < 4.78 is 20.8. The quantitative estimate of drug-likeness (QED) is 0.360. The number of esters is 1. The molecule has 0 amide bonds. The first-order valence-corrected chi connectivity index (χ1v) is 8.65. The van der Waals surface area contributed by atoms with Gasteiger partial charge in [-0.05, 0) is 30.6 Å². The molecule has 0 fully saturated rings. The van der Waals surface area contributed by atoms with E-state index in [2.05, 4.69) is 27.7 Å². The first kappa shape index (κ1) is 22.4. The number of rotatable bonds is 14. The Kier molecular flexibility index (Phi) is 13.4.